The van der Waals surface area contributed by atoms with Crippen LogP contribution in [0.3, 0.4) is 0 Å². The molecular formula is C13H30N2O3. The average Bonchev–Trinajstić information content (AvgIpc) is 2.40. The van der Waals surface area contributed by atoms with Crippen LogP contribution < -0.4 is 5.73 Å². The van der Waals surface area contributed by atoms with Crippen LogP contribution in [0.2, 0.25) is 0 Å². The van der Waals surface area contributed by atoms with E-state index in [4.69, 9.17) is 19.9 Å². The third-order valence-electron chi connectivity index (χ3n) is 3.50. The first-order valence-electron chi connectivity index (χ1n) is 6.66. The highest BCUT2D eigenvalue weighted by atomic mass is 16.5. The van der Waals surface area contributed by atoms with E-state index in [2.05, 4.69) is 25.8 Å². The molecule has 110 valence electrons. The van der Waals surface area contributed by atoms with Gasteiger partial charge in [-0.3, -0.25) is 4.90 Å². The fraction of sp³-hybridized carbons (Fsp3) is 1.00. The normalized spacial score (nSPS) is 15.0. The molecule has 0 spiro atoms. The van der Waals surface area contributed by atoms with Gasteiger partial charge in [0.15, 0.2) is 0 Å². The first kappa shape index (κ1) is 17.8. The van der Waals surface area contributed by atoms with E-state index in [9.17, 15) is 0 Å². The van der Waals surface area contributed by atoms with Gasteiger partial charge in [0.2, 0.25) is 0 Å². The number of likely N-dealkylation sites (N-methyl/N-ethyl adjacent to an activating group) is 1. The van der Waals surface area contributed by atoms with Crippen LogP contribution in [-0.4, -0.2) is 70.7 Å². The smallest absolute Gasteiger partial charge is 0.0701 e. The van der Waals surface area contributed by atoms with E-state index >= 15 is 0 Å². The molecule has 0 rings (SSSR count). The van der Waals surface area contributed by atoms with Gasteiger partial charge in [-0.05, 0) is 20.4 Å². The number of methoxy groups -OCH3 is 1. The predicted octanol–water partition coefficient (Wildman–Crippen LogP) is 0.725. The predicted molar refractivity (Wildman–Crippen MR) is 73.9 cm³/mol. The number of hydrogen-bond acceptors (Lipinski definition) is 5. The summed E-state index contributed by atoms with van der Waals surface area (Å²) in [7, 11) is 3.76. The van der Waals surface area contributed by atoms with Crippen LogP contribution in [0.5, 0.6) is 0 Å². The topological polar surface area (TPSA) is 57.0 Å². The standard InChI is InChI=1S/C13H30N2O3/c1-5-13(2,12-14)15(3)6-7-17-10-11-18-9-8-16-4/h5-12,14H2,1-4H3. The zero-order chi connectivity index (χ0) is 13.9. The number of nitrogens with zero attached hydrogens (tertiary/aromatic N) is 1. The van der Waals surface area contributed by atoms with Crippen molar-refractivity contribution in [3.8, 4) is 0 Å². The quantitative estimate of drug-likeness (QED) is 0.525. The Kier molecular flexibility index (Phi) is 10.6. The Labute approximate surface area is 112 Å². The van der Waals surface area contributed by atoms with Crippen LogP contribution in [0.25, 0.3) is 0 Å². The van der Waals surface area contributed by atoms with Gasteiger partial charge in [0.1, 0.15) is 0 Å². The largest absolute Gasteiger partial charge is 0.382 e. The average molecular weight is 262 g/mol. The molecule has 0 heterocycles. The molecule has 0 saturated heterocycles. The van der Waals surface area contributed by atoms with Crippen LogP contribution in [0.15, 0.2) is 0 Å². The van der Waals surface area contributed by atoms with E-state index in [-0.39, 0.29) is 5.54 Å². The lowest BCUT2D eigenvalue weighted by molar-refractivity contribution is 0.0132. The molecule has 0 aromatic rings. The van der Waals surface area contributed by atoms with Gasteiger partial charge in [-0.1, -0.05) is 6.92 Å². The number of ether oxygens (including phenoxy) is 3. The molecule has 5 heteroatoms. The minimum atomic E-state index is 0.0678. The van der Waals surface area contributed by atoms with E-state index in [1.165, 1.54) is 0 Å². The molecule has 0 aliphatic rings. The minimum absolute atomic E-state index is 0.0678. The molecule has 0 saturated carbocycles. The molecule has 18 heavy (non-hydrogen) atoms. The molecule has 0 aromatic carbocycles. The third-order valence-corrected chi connectivity index (χ3v) is 3.50. The highest BCUT2D eigenvalue weighted by Gasteiger charge is 2.24. The van der Waals surface area contributed by atoms with Gasteiger partial charge >= 0.3 is 0 Å². The van der Waals surface area contributed by atoms with Crippen LogP contribution >= 0.6 is 0 Å². The summed E-state index contributed by atoms with van der Waals surface area (Å²) < 4.78 is 15.7. The van der Waals surface area contributed by atoms with Gasteiger partial charge in [0.25, 0.3) is 0 Å². The van der Waals surface area contributed by atoms with Crippen LogP contribution in [-0.2, 0) is 14.2 Å². The lowest BCUT2D eigenvalue weighted by Crippen LogP contribution is -2.50. The van der Waals surface area contributed by atoms with Crippen molar-refractivity contribution in [2.24, 2.45) is 5.73 Å². The van der Waals surface area contributed by atoms with Crippen LogP contribution in [0.1, 0.15) is 20.3 Å². The summed E-state index contributed by atoms with van der Waals surface area (Å²) in [4.78, 5) is 2.26. The van der Waals surface area contributed by atoms with E-state index in [0.29, 0.717) is 39.6 Å². The summed E-state index contributed by atoms with van der Waals surface area (Å²) in [5, 5.41) is 0. The minimum Gasteiger partial charge on any atom is -0.382 e. The lowest BCUT2D eigenvalue weighted by Gasteiger charge is -2.37. The first-order valence-corrected chi connectivity index (χ1v) is 6.66. The molecule has 0 aromatic heterocycles. The van der Waals surface area contributed by atoms with Crippen molar-refractivity contribution in [3.63, 3.8) is 0 Å². The Bertz CT molecular complexity index is 187. The van der Waals surface area contributed by atoms with Crippen molar-refractivity contribution < 1.29 is 14.2 Å². The highest BCUT2D eigenvalue weighted by molar-refractivity contribution is 4.83. The SMILES string of the molecule is CCC(C)(CN)N(C)CCOCCOCCOC. The Morgan fingerprint density at radius 1 is 1.06 bits per heavy atom. The zero-order valence-corrected chi connectivity index (χ0v) is 12.4. The van der Waals surface area contributed by atoms with E-state index < -0.39 is 0 Å². The summed E-state index contributed by atoms with van der Waals surface area (Å²) in [5.41, 5.74) is 5.87. The molecule has 5 nitrogen and oxygen atoms in total. The Morgan fingerprint density at radius 2 is 1.61 bits per heavy atom. The van der Waals surface area contributed by atoms with E-state index in [0.717, 1.165) is 13.0 Å². The van der Waals surface area contributed by atoms with Gasteiger partial charge in [-0.15, -0.1) is 0 Å². The first-order chi connectivity index (χ1) is 8.60. The molecular weight excluding hydrogens is 232 g/mol. The van der Waals surface area contributed by atoms with Crippen molar-refractivity contribution in [2.75, 3.05) is 60.3 Å². The fourth-order valence-electron chi connectivity index (χ4n) is 1.51. The van der Waals surface area contributed by atoms with Gasteiger partial charge in [-0.2, -0.15) is 0 Å². The highest BCUT2D eigenvalue weighted by Crippen LogP contribution is 2.15. The fourth-order valence-corrected chi connectivity index (χ4v) is 1.51. The third kappa shape index (κ3) is 7.28. The van der Waals surface area contributed by atoms with Crippen molar-refractivity contribution >= 4 is 0 Å². The van der Waals surface area contributed by atoms with Crippen LogP contribution in [0, 0.1) is 0 Å². The molecule has 2 N–H and O–H groups in total. The van der Waals surface area contributed by atoms with Gasteiger partial charge in [0.05, 0.1) is 33.0 Å². The number of nitrogens with two attached hydrogens (primary N) is 1. The Balaban J connectivity index is 3.48. The van der Waals surface area contributed by atoms with E-state index in [1.807, 2.05) is 0 Å². The number of hydrogen-bond donors (Lipinski definition) is 1. The molecule has 0 aliphatic heterocycles. The molecule has 0 amide bonds. The van der Waals surface area contributed by atoms with Gasteiger partial charge in [-0.25, -0.2) is 0 Å². The second-order valence-corrected chi connectivity index (χ2v) is 4.69. The van der Waals surface area contributed by atoms with E-state index in [1.54, 1.807) is 7.11 Å². The van der Waals surface area contributed by atoms with Crippen molar-refractivity contribution in [2.45, 2.75) is 25.8 Å². The summed E-state index contributed by atoms with van der Waals surface area (Å²) >= 11 is 0. The van der Waals surface area contributed by atoms with Gasteiger partial charge in [0, 0.05) is 25.7 Å². The summed E-state index contributed by atoms with van der Waals surface area (Å²) in [5.74, 6) is 0. The maximum atomic E-state index is 5.80. The molecule has 0 radical (unpaired) electrons. The molecule has 1 unspecified atom stereocenters. The Hall–Kier alpha value is -0.200. The maximum Gasteiger partial charge on any atom is 0.0701 e. The van der Waals surface area contributed by atoms with Gasteiger partial charge < -0.3 is 19.9 Å². The zero-order valence-electron chi connectivity index (χ0n) is 12.4. The molecule has 0 fully saturated rings. The Morgan fingerprint density at radius 3 is 2.11 bits per heavy atom. The lowest BCUT2D eigenvalue weighted by atomic mass is 9.97. The maximum absolute atomic E-state index is 5.80. The molecule has 0 bridgehead atoms. The summed E-state index contributed by atoms with van der Waals surface area (Å²) in [6.07, 6.45) is 1.04. The second-order valence-electron chi connectivity index (χ2n) is 4.69. The monoisotopic (exact) mass is 262 g/mol. The summed E-state index contributed by atoms with van der Waals surface area (Å²) in [6, 6.07) is 0. The van der Waals surface area contributed by atoms with Crippen molar-refractivity contribution in [1.29, 1.82) is 0 Å². The molecule has 1 atom stereocenters. The van der Waals surface area contributed by atoms with Crippen LogP contribution in [0.4, 0.5) is 0 Å². The van der Waals surface area contributed by atoms with Crippen molar-refractivity contribution in [1.82, 2.24) is 4.90 Å². The van der Waals surface area contributed by atoms with Crippen molar-refractivity contribution in [3.05, 3.63) is 0 Å². The summed E-state index contributed by atoms with van der Waals surface area (Å²) in [6.45, 7) is 9.11. The number of rotatable bonds is 12. The molecule has 0 aliphatic carbocycles. The second kappa shape index (κ2) is 10.7.